The van der Waals surface area contributed by atoms with Crippen molar-refractivity contribution in [3.05, 3.63) is 58.5 Å². The molecule has 0 bridgehead atoms. The number of benzene rings is 1. The zero-order chi connectivity index (χ0) is 15.5. The van der Waals surface area contributed by atoms with E-state index >= 15 is 0 Å². The Bertz CT molecular complexity index is 783. The van der Waals surface area contributed by atoms with Crippen LogP contribution < -0.4 is 14.9 Å². The highest BCUT2D eigenvalue weighted by Crippen LogP contribution is 2.20. The second-order valence-corrected chi connectivity index (χ2v) is 6.17. The van der Waals surface area contributed by atoms with Gasteiger partial charge < -0.3 is 9.72 Å². The van der Waals surface area contributed by atoms with Gasteiger partial charge in [0.05, 0.1) is 7.11 Å². The Morgan fingerprint density at radius 3 is 2.71 bits per heavy atom. The third-order valence-corrected chi connectivity index (χ3v) is 4.57. The standard InChI is InChI=1S/C14H16N2O4S/c1-10(11-4-3-5-12(8-11)20-2)16-21(18,19)14-9-15-7-6-13(14)17/h3-10,16H,1-2H3,(H,15,17). The molecule has 1 unspecified atom stereocenters. The first-order valence-corrected chi connectivity index (χ1v) is 7.76. The number of aromatic nitrogens is 1. The SMILES string of the molecule is COc1cccc(C(C)NS(=O)(=O)c2c[nH]ccc2=O)c1. The molecule has 1 heterocycles. The fraction of sp³-hybridized carbons (Fsp3) is 0.214. The second kappa shape index (κ2) is 6.11. The van der Waals surface area contributed by atoms with Crippen molar-refractivity contribution in [1.29, 1.82) is 0 Å². The fourth-order valence-corrected chi connectivity index (χ4v) is 3.17. The Morgan fingerprint density at radius 1 is 1.29 bits per heavy atom. The van der Waals surface area contributed by atoms with Crippen LogP contribution in [0.4, 0.5) is 0 Å². The highest BCUT2D eigenvalue weighted by molar-refractivity contribution is 7.89. The van der Waals surface area contributed by atoms with Crippen LogP contribution >= 0.6 is 0 Å². The van der Waals surface area contributed by atoms with Crippen LogP contribution in [0, 0.1) is 0 Å². The molecule has 2 rings (SSSR count). The molecule has 0 aliphatic carbocycles. The third-order valence-electron chi connectivity index (χ3n) is 3.00. The van der Waals surface area contributed by atoms with Crippen molar-refractivity contribution in [3.63, 3.8) is 0 Å². The maximum absolute atomic E-state index is 12.2. The van der Waals surface area contributed by atoms with Gasteiger partial charge in [-0.2, -0.15) is 0 Å². The molecule has 2 N–H and O–H groups in total. The van der Waals surface area contributed by atoms with E-state index in [4.69, 9.17) is 4.74 Å². The number of hydrogen-bond acceptors (Lipinski definition) is 4. The molecule has 0 amide bonds. The van der Waals surface area contributed by atoms with E-state index in [1.807, 2.05) is 0 Å². The molecule has 2 aromatic rings. The van der Waals surface area contributed by atoms with Crippen molar-refractivity contribution in [1.82, 2.24) is 9.71 Å². The molecule has 7 heteroatoms. The van der Waals surface area contributed by atoms with E-state index in [2.05, 4.69) is 9.71 Å². The first-order chi connectivity index (χ1) is 9.94. The molecule has 6 nitrogen and oxygen atoms in total. The smallest absolute Gasteiger partial charge is 0.246 e. The highest BCUT2D eigenvalue weighted by atomic mass is 32.2. The summed E-state index contributed by atoms with van der Waals surface area (Å²) in [5.74, 6) is 0.635. The minimum Gasteiger partial charge on any atom is -0.497 e. The molecule has 0 aliphatic rings. The van der Waals surface area contributed by atoms with E-state index < -0.39 is 21.5 Å². The number of hydrogen-bond donors (Lipinski definition) is 2. The van der Waals surface area contributed by atoms with Crippen LogP contribution in [0.2, 0.25) is 0 Å². The van der Waals surface area contributed by atoms with Crippen molar-refractivity contribution in [2.24, 2.45) is 0 Å². The lowest BCUT2D eigenvalue weighted by atomic mass is 10.1. The van der Waals surface area contributed by atoms with Crippen molar-refractivity contribution < 1.29 is 13.2 Å². The normalized spacial score (nSPS) is 12.9. The number of pyridine rings is 1. The fourth-order valence-electron chi connectivity index (χ4n) is 1.89. The zero-order valence-corrected chi connectivity index (χ0v) is 12.5. The molecule has 21 heavy (non-hydrogen) atoms. The lowest BCUT2D eigenvalue weighted by Crippen LogP contribution is -2.30. The molecule has 1 aromatic heterocycles. The molecule has 1 aromatic carbocycles. The van der Waals surface area contributed by atoms with Gasteiger partial charge in [-0.15, -0.1) is 0 Å². The topological polar surface area (TPSA) is 88.3 Å². The van der Waals surface area contributed by atoms with Gasteiger partial charge in [-0.1, -0.05) is 12.1 Å². The highest BCUT2D eigenvalue weighted by Gasteiger charge is 2.21. The summed E-state index contributed by atoms with van der Waals surface area (Å²) in [4.78, 5) is 13.9. The summed E-state index contributed by atoms with van der Waals surface area (Å²) in [5.41, 5.74) is 0.185. The monoisotopic (exact) mass is 308 g/mol. The summed E-state index contributed by atoms with van der Waals surface area (Å²) in [6.45, 7) is 1.70. The van der Waals surface area contributed by atoms with Gasteiger partial charge in [-0.3, -0.25) is 4.79 Å². The van der Waals surface area contributed by atoms with Crippen molar-refractivity contribution in [2.75, 3.05) is 7.11 Å². The minimum absolute atomic E-state index is 0.306. The first-order valence-electron chi connectivity index (χ1n) is 6.27. The van der Waals surface area contributed by atoms with E-state index in [9.17, 15) is 13.2 Å². The van der Waals surface area contributed by atoms with E-state index in [1.54, 1.807) is 31.2 Å². The predicted molar refractivity (Wildman–Crippen MR) is 78.8 cm³/mol. The van der Waals surface area contributed by atoms with Crippen molar-refractivity contribution in [2.45, 2.75) is 17.9 Å². The second-order valence-electron chi connectivity index (χ2n) is 4.49. The molecule has 0 radical (unpaired) electrons. The Kier molecular flexibility index (Phi) is 4.44. The van der Waals surface area contributed by atoms with Gasteiger partial charge in [-0.25, -0.2) is 13.1 Å². The van der Waals surface area contributed by atoms with Crippen molar-refractivity contribution in [3.8, 4) is 5.75 Å². The third kappa shape index (κ3) is 3.50. The van der Waals surface area contributed by atoms with Crippen LogP contribution in [0.3, 0.4) is 0 Å². The number of sulfonamides is 1. The van der Waals surface area contributed by atoms with Gasteiger partial charge >= 0.3 is 0 Å². The van der Waals surface area contributed by atoms with Crippen molar-refractivity contribution >= 4 is 10.0 Å². The number of rotatable bonds is 5. The molecule has 0 spiro atoms. The van der Waals surface area contributed by atoms with Gasteiger partial charge in [0.1, 0.15) is 10.6 Å². The van der Waals surface area contributed by atoms with Crippen LogP contribution in [0.5, 0.6) is 5.75 Å². The molecular formula is C14H16N2O4S. The number of ether oxygens (including phenoxy) is 1. The Labute approximate surface area is 122 Å². The summed E-state index contributed by atoms with van der Waals surface area (Å²) in [7, 11) is -2.35. The van der Waals surface area contributed by atoms with Gasteiger partial charge in [0.2, 0.25) is 15.5 Å². The average Bonchev–Trinajstić information content (AvgIpc) is 2.47. The molecule has 112 valence electrons. The first kappa shape index (κ1) is 15.3. The Morgan fingerprint density at radius 2 is 2.05 bits per heavy atom. The summed E-state index contributed by atoms with van der Waals surface area (Å²) < 4.78 is 32.0. The zero-order valence-electron chi connectivity index (χ0n) is 11.7. The molecule has 0 saturated carbocycles. The number of methoxy groups -OCH3 is 1. The summed E-state index contributed by atoms with van der Waals surface area (Å²) in [5, 5.41) is 0. The lowest BCUT2D eigenvalue weighted by Gasteiger charge is -2.15. The van der Waals surface area contributed by atoms with E-state index in [-0.39, 0.29) is 4.90 Å². The summed E-state index contributed by atoms with van der Waals surface area (Å²) in [6.07, 6.45) is 2.55. The average molecular weight is 308 g/mol. The number of H-pyrrole nitrogens is 1. The molecular weight excluding hydrogens is 292 g/mol. The summed E-state index contributed by atoms with van der Waals surface area (Å²) >= 11 is 0. The molecule has 1 atom stereocenters. The maximum Gasteiger partial charge on any atom is 0.246 e. The van der Waals surface area contributed by atoms with Gasteiger partial charge in [-0.05, 0) is 24.6 Å². The van der Waals surface area contributed by atoms with E-state index in [0.29, 0.717) is 5.75 Å². The van der Waals surface area contributed by atoms with Crippen LogP contribution in [-0.4, -0.2) is 20.5 Å². The van der Waals surface area contributed by atoms with E-state index in [0.717, 1.165) is 5.56 Å². The predicted octanol–water partition coefficient (Wildman–Crippen LogP) is 1.42. The lowest BCUT2D eigenvalue weighted by molar-refractivity contribution is 0.413. The number of nitrogens with one attached hydrogen (secondary N) is 2. The Balaban J connectivity index is 2.28. The van der Waals surface area contributed by atoms with Crippen LogP contribution in [0.25, 0.3) is 0 Å². The van der Waals surface area contributed by atoms with Crippen LogP contribution in [0.15, 0.2) is 52.4 Å². The van der Waals surface area contributed by atoms with Crippen LogP contribution in [0.1, 0.15) is 18.5 Å². The van der Waals surface area contributed by atoms with Gasteiger partial charge in [0.25, 0.3) is 0 Å². The molecule has 0 saturated heterocycles. The summed E-state index contributed by atoms with van der Waals surface area (Å²) in [6, 6.07) is 7.74. The van der Waals surface area contributed by atoms with Gasteiger partial charge in [0.15, 0.2) is 0 Å². The Hall–Kier alpha value is -2.12. The molecule has 0 fully saturated rings. The number of aromatic amines is 1. The largest absolute Gasteiger partial charge is 0.497 e. The van der Waals surface area contributed by atoms with Gasteiger partial charge in [0, 0.05) is 24.5 Å². The molecule has 0 aliphatic heterocycles. The minimum atomic E-state index is -3.89. The van der Waals surface area contributed by atoms with Crippen LogP contribution in [-0.2, 0) is 10.0 Å². The van der Waals surface area contributed by atoms with E-state index in [1.165, 1.54) is 25.6 Å². The maximum atomic E-state index is 12.2. The quantitative estimate of drug-likeness (QED) is 0.874.